The molecule has 3 nitrogen and oxygen atoms in total. The maximum absolute atomic E-state index is 11.2. The van der Waals surface area contributed by atoms with Crippen LogP contribution in [0.3, 0.4) is 0 Å². The maximum atomic E-state index is 11.2. The summed E-state index contributed by atoms with van der Waals surface area (Å²) >= 11 is 0. The van der Waals surface area contributed by atoms with Crippen LogP contribution < -0.4 is 11.1 Å². The van der Waals surface area contributed by atoms with Crippen molar-refractivity contribution >= 4 is 6.03 Å². The Hall–Kier alpha value is -2.29. The first-order chi connectivity index (χ1) is 9.08. The minimum Gasteiger partial charge on any atom is -0.352 e. The number of aryl methyl sites for hydroxylation is 2. The van der Waals surface area contributed by atoms with E-state index in [9.17, 15) is 4.79 Å². The molecule has 0 radical (unpaired) electrons. The number of rotatable bonds is 3. The second-order valence-electron chi connectivity index (χ2n) is 4.70. The fourth-order valence-corrected chi connectivity index (χ4v) is 2.09. The van der Waals surface area contributed by atoms with Crippen LogP contribution in [0.1, 0.15) is 28.3 Å². The van der Waals surface area contributed by atoms with E-state index in [1.165, 1.54) is 11.1 Å². The summed E-state index contributed by atoms with van der Waals surface area (Å²) in [6.45, 7) is 4.13. The van der Waals surface area contributed by atoms with Crippen LogP contribution in [-0.4, -0.2) is 6.03 Å². The number of carbonyl (C=O) groups is 1. The molecule has 1 atom stereocenters. The Bertz CT molecular complexity index is 579. The van der Waals surface area contributed by atoms with E-state index in [0.717, 1.165) is 11.1 Å². The smallest absolute Gasteiger partial charge is 0.312 e. The predicted octanol–water partition coefficient (Wildman–Crippen LogP) is 3.06. The Morgan fingerprint density at radius 1 is 1.00 bits per heavy atom. The summed E-state index contributed by atoms with van der Waals surface area (Å²) in [4.78, 5) is 11.2. The molecule has 0 aliphatic carbocycles. The molecule has 0 bridgehead atoms. The van der Waals surface area contributed by atoms with Crippen LogP contribution in [-0.2, 0) is 0 Å². The fourth-order valence-electron chi connectivity index (χ4n) is 2.09. The van der Waals surface area contributed by atoms with Crippen molar-refractivity contribution in [3.05, 3.63) is 70.8 Å². The summed E-state index contributed by atoms with van der Waals surface area (Å²) in [5.41, 5.74) is 9.77. The molecule has 2 amide bonds. The van der Waals surface area contributed by atoms with Crippen molar-refractivity contribution in [3.8, 4) is 0 Å². The maximum Gasteiger partial charge on any atom is 0.312 e. The van der Waals surface area contributed by atoms with E-state index in [2.05, 4.69) is 31.3 Å². The molecule has 0 fully saturated rings. The van der Waals surface area contributed by atoms with Gasteiger partial charge in [0.15, 0.2) is 0 Å². The predicted molar refractivity (Wildman–Crippen MR) is 76.9 cm³/mol. The highest BCUT2D eigenvalue weighted by atomic mass is 16.2. The molecular weight excluding hydrogens is 236 g/mol. The first kappa shape index (κ1) is 13.1. The van der Waals surface area contributed by atoms with Gasteiger partial charge in [-0.05, 0) is 36.1 Å². The van der Waals surface area contributed by atoms with Crippen LogP contribution in [0.4, 0.5) is 4.79 Å². The molecule has 98 valence electrons. The zero-order chi connectivity index (χ0) is 13.8. The van der Waals surface area contributed by atoms with Crippen molar-refractivity contribution in [1.82, 2.24) is 5.32 Å². The molecule has 0 saturated carbocycles. The van der Waals surface area contributed by atoms with Crippen LogP contribution in [0.15, 0.2) is 48.5 Å². The van der Waals surface area contributed by atoms with E-state index in [1.807, 2.05) is 36.4 Å². The Labute approximate surface area is 113 Å². The average Bonchev–Trinajstić information content (AvgIpc) is 2.40. The average molecular weight is 254 g/mol. The number of primary amides is 1. The van der Waals surface area contributed by atoms with E-state index in [1.54, 1.807) is 0 Å². The molecule has 0 heterocycles. The Balaban J connectivity index is 2.42. The van der Waals surface area contributed by atoms with Gasteiger partial charge in [0.05, 0.1) is 6.04 Å². The van der Waals surface area contributed by atoms with E-state index < -0.39 is 6.03 Å². The lowest BCUT2D eigenvalue weighted by Gasteiger charge is -2.19. The Kier molecular flexibility index (Phi) is 3.85. The van der Waals surface area contributed by atoms with Crippen molar-refractivity contribution in [1.29, 1.82) is 0 Å². The van der Waals surface area contributed by atoms with Crippen LogP contribution in [0.25, 0.3) is 0 Å². The summed E-state index contributed by atoms with van der Waals surface area (Å²) in [7, 11) is 0. The van der Waals surface area contributed by atoms with Crippen LogP contribution >= 0.6 is 0 Å². The number of hydrogen-bond acceptors (Lipinski definition) is 1. The van der Waals surface area contributed by atoms with E-state index >= 15 is 0 Å². The normalized spacial score (nSPS) is 11.9. The summed E-state index contributed by atoms with van der Waals surface area (Å²) < 4.78 is 0. The first-order valence-electron chi connectivity index (χ1n) is 6.26. The molecule has 3 N–H and O–H groups in total. The molecule has 0 aromatic heterocycles. The third-order valence-electron chi connectivity index (χ3n) is 3.28. The van der Waals surface area contributed by atoms with Gasteiger partial charge in [0.25, 0.3) is 0 Å². The van der Waals surface area contributed by atoms with Crippen molar-refractivity contribution in [2.75, 3.05) is 0 Å². The van der Waals surface area contributed by atoms with Crippen LogP contribution in [0.2, 0.25) is 0 Å². The van der Waals surface area contributed by atoms with Gasteiger partial charge in [-0.15, -0.1) is 0 Å². The molecule has 2 aromatic rings. The van der Waals surface area contributed by atoms with E-state index in [0.29, 0.717) is 0 Å². The van der Waals surface area contributed by atoms with Gasteiger partial charge in [0, 0.05) is 0 Å². The molecule has 0 saturated heterocycles. The molecule has 3 heteroatoms. The zero-order valence-electron chi connectivity index (χ0n) is 11.2. The number of hydrogen-bond donors (Lipinski definition) is 2. The zero-order valence-corrected chi connectivity index (χ0v) is 11.2. The fraction of sp³-hybridized carbons (Fsp3) is 0.188. The minimum absolute atomic E-state index is 0.210. The Morgan fingerprint density at radius 3 is 2.26 bits per heavy atom. The van der Waals surface area contributed by atoms with Crippen LogP contribution in [0.5, 0.6) is 0 Å². The lowest BCUT2D eigenvalue weighted by Crippen LogP contribution is -2.33. The summed E-state index contributed by atoms with van der Waals surface area (Å²) in [5, 5.41) is 2.80. The third-order valence-corrected chi connectivity index (χ3v) is 3.28. The number of urea groups is 1. The van der Waals surface area contributed by atoms with E-state index in [4.69, 9.17) is 5.73 Å². The summed E-state index contributed by atoms with van der Waals surface area (Å²) in [5.74, 6) is 0. The van der Waals surface area contributed by atoms with E-state index in [-0.39, 0.29) is 6.04 Å². The molecule has 0 aliphatic heterocycles. The molecule has 0 aliphatic rings. The third kappa shape index (κ3) is 3.13. The topological polar surface area (TPSA) is 55.1 Å². The lowest BCUT2D eigenvalue weighted by atomic mass is 9.96. The molecule has 0 unspecified atom stereocenters. The number of nitrogens with two attached hydrogens (primary N) is 1. The van der Waals surface area contributed by atoms with Crippen LogP contribution in [0, 0.1) is 13.8 Å². The molecular formula is C16H18N2O. The van der Waals surface area contributed by atoms with Gasteiger partial charge < -0.3 is 11.1 Å². The minimum atomic E-state index is -0.521. The standard InChI is InChI=1S/C16H18N2O/c1-11-8-9-14(10-12(11)2)15(18-16(17)19)13-6-4-3-5-7-13/h3-10,15H,1-2H3,(H3,17,18,19)/t15-/m1/s1. The van der Waals surface area contributed by atoms with Crippen molar-refractivity contribution in [3.63, 3.8) is 0 Å². The summed E-state index contributed by atoms with van der Waals surface area (Å²) in [6.07, 6.45) is 0. The van der Waals surface area contributed by atoms with Gasteiger partial charge in [0.1, 0.15) is 0 Å². The van der Waals surface area contributed by atoms with Gasteiger partial charge in [-0.1, -0.05) is 48.5 Å². The first-order valence-corrected chi connectivity index (χ1v) is 6.26. The highest BCUT2D eigenvalue weighted by Crippen LogP contribution is 2.23. The SMILES string of the molecule is Cc1ccc([C@H](NC(N)=O)c2ccccc2)cc1C. The van der Waals surface area contributed by atoms with Gasteiger partial charge in [-0.25, -0.2) is 4.79 Å². The molecule has 2 rings (SSSR count). The second-order valence-corrected chi connectivity index (χ2v) is 4.70. The Morgan fingerprint density at radius 2 is 1.68 bits per heavy atom. The number of benzene rings is 2. The lowest BCUT2D eigenvalue weighted by molar-refractivity contribution is 0.247. The monoisotopic (exact) mass is 254 g/mol. The van der Waals surface area contributed by atoms with Gasteiger partial charge in [-0.3, -0.25) is 0 Å². The largest absolute Gasteiger partial charge is 0.352 e. The number of amides is 2. The highest BCUT2D eigenvalue weighted by molar-refractivity contribution is 5.73. The van der Waals surface area contributed by atoms with Gasteiger partial charge in [0.2, 0.25) is 0 Å². The number of nitrogens with one attached hydrogen (secondary N) is 1. The van der Waals surface area contributed by atoms with Gasteiger partial charge in [-0.2, -0.15) is 0 Å². The summed E-state index contributed by atoms with van der Waals surface area (Å²) in [6, 6.07) is 15.3. The molecule has 2 aromatic carbocycles. The number of carbonyl (C=O) groups excluding carboxylic acids is 1. The second kappa shape index (κ2) is 5.57. The highest BCUT2D eigenvalue weighted by Gasteiger charge is 2.15. The molecule has 19 heavy (non-hydrogen) atoms. The van der Waals surface area contributed by atoms with Crippen molar-refractivity contribution in [2.24, 2.45) is 5.73 Å². The van der Waals surface area contributed by atoms with Crippen molar-refractivity contribution < 1.29 is 4.79 Å². The van der Waals surface area contributed by atoms with Gasteiger partial charge >= 0.3 is 6.03 Å². The quantitative estimate of drug-likeness (QED) is 0.869. The van der Waals surface area contributed by atoms with Crippen molar-refractivity contribution in [2.45, 2.75) is 19.9 Å². The molecule has 0 spiro atoms.